The number of aryl methyl sites for hydroxylation is 1. The van der Waals surface area contributed by atoms with Crippen molar-refractivity contribution in [2.24, 2.45) is 11.8 Å². The number of hydrogen-bond acceptors (Lipinski definition) is 1. The lowest BCUT2D eigenvalue weighted by Gasteiger charge is -2.28. The highest BCUT2D eigenvalue weighted by Gasteiger charge is 2.28. The third kappa shape index (κ3) is 3.82. The maximum atomic E-state index is 12.1. The minimum Gasteiger partial charge on any atom is -0.299 e. The summed E-state index contributed by atoms with van der Waals surface area (Å²) in [4.78, 5) is 12.1. The Bertz CT molecular complexity index is 453. The van der Waals surface area contributed by atoms with Gasteiger partial charge in [0.15, 0.2) is 0 Å². The van der Waals surface area contributed by atoms with Crippen molar-refractivity contribution in [3.8, 4) is 0 Å². The molecular formula is C17H23ClO. The van der Waals surface area contributed by atoms with E-state index in [1.54, 1.807) is 0 Å². The SMILES string of the molecule is CCCC1CCC(=O)C(Cc2ccc(C)cc2Cl)C1. The highest BCUT2D eigenvalue weighted by atomic mass is 35.5. The zero-order valence-corrected chi connectivity index (χ0v) is 12.7. The van der Waals surface area contributed by atoms with Gasteiger partial charge in [-0.05, 0) is 49.3 Å². The van der Waals surface area contributed by atoms with Crippen molar-refractivity contribution >= 4 is 17.4 Å². The van der Waals surface area contributed by atoms with Gasteiger partial charge in [0.05, 0.1) is 0 Å². The van der Waals surface area contributed by atoms with E-state index in [9.17, 15) is 4.79 Å². The van der Waals surface area contributed by atoms with E-state index in [1.807, 2.05) is 13.0 Å². The van der Waals surface area contributed by atoms with Crippen LogP contribution in [0.4, 0.5) is 0 Å². The quantitative estimate of drug-likeness (QED) is 0.759. The second-order valence-electron chi connectivity index (χ2n) is 5.89. The van der Waals surface area contributed by atoms with Crippen LogP contribution in [0.1, 0.15) is 50.2 Å². The highest BCUT2D eigenvalue weighted by molar-refractivity contribution is 6.31. The minimum absolute atomic E-state index is 0.186. The number of benzene rings is 1. The summed E-state index contributed by atoms with van der Waals surface area (Å²) in [6, 6.07) is 6.15. The van der Waals surface area contributed by atoms with Gasteiger partial charge in [0, 0.05) is 17.4 Å². The summed E-state index contributed by atoms with van der Waals surface area (Å²) in [6.45, 7) is 4.26. The molecule has 19 heavy (non-hydrogen) atoms. The molecule has 1 aromatic carbocycles. The molecule has 0 amide bonds. The van der Waals surface area contributed by atoms with Crippen molar-refractivity contribution in [1.82, 2.24) is 0 Å². The van der Waals surface area contributed by atoms with Crippen LogP contribution in [0.3, 0.4) is 0 Å². The van der Waals surface area contributed by atoms with Crippen LogP contribution in [0, 0.1) is 18.8 Å². The summed E-state index contributed by atoms with van der Waals surface area (Å²) in [7, 11) is 0. The molecule has 0 aliphatic heterocycles. The van der Waals surface area contributed by atoms with E-state index in [0.29, 0.717) is 5.78 Å². The van der Waals surface area contributed by atoms with E-state index >= 15 is 0 Å². The van der Waals surface area contributed by atoms with E-state index in [1.165, 1.54) is 18.4 Å². The second-order valence-corrected chi connectivity index (χ2v) is 6.30. The number of halogens is 1. The second kappa shape index (κ2) is 6.56. The van der Waals surface area contributed by atoms with E-state index in [4.69, 9.17) is 11.6 Å². The fourth-order valence-corrected chi connectivity index (χ4v) is 3.47. The Morgan fingerprint density at radius 2 is 2.16 bits per heavy atom. The first-order valence-electron chi connectivity index (χ1n) is 7.38. The number of ketones is 1. The fourth-order valence-electron chi connectivity index (χ4n) is 3.15. The number of hydrogen-bond donors (Lipinski definition) is 0. The van der Waals surface area contributed by atoms with Crippen molar-refractivity contribution in [3.05, 3.63) is 34.3 Å². The zero-order chi connectivity index (χ0) is 13.8. The Morgan fingerprint density at radius 1 is 1.37 bits per heavy atom. The van der Waals surface area contributed by atoms with E-state index in [0.717, 1.165) is 42.2 Å². The molecule has 0 bridgehead atoms. The lowest BCUT2D eigenvalue weighted by molar-refractivity contribution is -0.125. The average Bonchev–Trinajstić information content (AvgIpc) is 2.37. The van der Waals surface area contributed by atoms with Gasteiger partial charge in [0.2, 0.25) is 0 Å². The molecule has 0 heterocycles. The van der Waals surface area contributed by atoms with Gasteiger partial charge < -0.3 is 0 Å². The van der Waals surface area contributed by atoms with Gasteiger partial charge in [-0.1, -0.05) is 43.5 Å². The standard InChI is InChI=1S/C17H23ClO/c1-3-4-13-6-8-17(19)15(10-13)11-14-7-5-12(2)9-16(14)18/h5,7,9,13,15H,3-4,6,8,10-11H2,1-2H3. The number of carbonyl (C=O) groups excluding carboxylic acids is 1. The first-order chi connectivity index (χ1) is 9.10. The molecule has 2 rings (SSSR count). The molecule has 1 fully saturated rings. The average molecular weight is 279 g/mol. The summed E-state index contributed by atoms with van der Waals surface area (Å²) in [5, 5.41) is 0.811. The molecule has 104 valence electrons. The molecule has 2 unspecified atom stereocenters. The van der Waals surface area contributed by atoms with Crippen LogP contribution < -0.4 is 0 Å². The fraction of sp³-hybridized carbons (Fsp3) is 0.588. The van der Waals surface area contributed by atoms with Crippen LogP contribution in [0.2, 0.25) is 5.02 Å². The van der Waals surface area contributed by atoms with E-state index < -0.39 is 0 Å². The molecule has 1 saturated carbocycles. The van der Waals surface area contributed by atoms with Gasteiger partial charge >= 0.3 is 0 Å². The van der Waals surface area contributed by atoms with Crippen molar-refractivity contribution in [1.29, 1.82) is 0 Å². The van der Waals surface area contributed by atoms with Crippen molar-refractivity contribution < 1.29 is 4.79 Å². The molecular weight excluding hydrogens is 256 g/mol. The summed E-state index contributed by atoms with van der Waals surface area (Å²) in [5.41, 5.74) is 2.30. The predicted octanol–water partition coefficient (Wildman–Crippen LogP) is 4.98. The Hall–Kier alpha value is -0.820. The molecule has 2 atom stereocenters. The largest absolute Gasteiger partial charge is 0.299 e. The first kappa shape index (κ1) is 14.6. The number of rotatable bonds is 4. The van der Waals surface area contributed by atoms with Crippen LogP contribution in [-0.4, -0.2) is 5.78 Å². The number of carbonyl (C=O) groups is 1. The monoisotopic (exact) mass is 278 g/mol. The van der Waals surface area contributed by atoms with E-state index in [2.05, 4.69) is 19.1 Å². The van der Waals surface area contributed by atoms with Crippen LogP contribution in [0.15, 0.2) is 18.2 Å². The molecule has 0 radical (unpaired) electrons. The van der Waals surface area contributed by atoms with Gasteiger partial charge in [0.25, 0.3) is 0 Å². The Morgan fingerprint density at radius 3 is 2.84 bits per heavy atom. The van der Waals surface area contributed by atoms with Gasteiger partial charge in [-0.3, -0.25) is 4.79 Å². The Balaban J connectivity index is 2.05. The molecule has 0 N–H and O–H groups in total. The minimum atomic E-state index is 0.186. The molecule has 0 aromatic heterocycles. The van der Waals surface area contributed by atoms with E-state index in [-0.39, 0.29) is 5.92 Å². The first-order valence-corrected chi connectivity index (χ1v) is 7.75. The highest BCUT2D eigenvalue weighted by Crippen LogP contribution is 2.33. The van der Waals surface area contributed by atoms with Gasteiger partial charge in [-0.2, -0.15) is 0 Å². The molecule has 0 saturated heterocycles. The lowest BCUT2D eigenvalue weighted by atomic mass is 9.76. The predicted molar refractivity (Wildman–Crippen MR) is 80.6 cm³/mol. The summed E-state index contributed by atoms with van der Waals surface area (Å²) in [6.07, 6.45) is 6.20. The Labute approximate surface area is 121 Å². The normalized spacial score (nSPS) is 23.6. The Kier molecular flexibility index (Phi) is 5.04. The molecule has 1 aliphatic rings. The molecule has 1 aromatic rings. The van der Waals surface area contributed by atoms with Crippen LogP contribution in [-0.2, 0) is 11.2 Å². The van der Waals surface area contributed by atoms with Gasteiger partial charge in [-0.15, -0.1) is 0 Å². The topological polar surface area (TPSA) is 17.1 Å². The lowest BCUT2D eigenvalue weighted by Crippen LogP contribution is -2.26. The molecule has 1 nitrogen and oxygen atoms in total. The number of Topliss-reactive ketones (excluding diaryl/α,β-unsaturated/α-hetero) is 1. The molecule has 2 heteroatoms. The molecule has 1 aliphatic carbocycles. The summed E-state index contributed by atoms with van der Waals surface area (Å²) in [5.74, 6) is 1.35. The van der Waals surface area contributed by atoms with Crippen LogP contribution >= 0.6 is 11.6 Å². The van der Waals surface area contributed by atoms with Crippen molar-refractivity contribution in [3.63, 3.8) is 0 Å². The van der Waals surface area contributed by atoms with Crippen LogP contribution in [0.25, 0.3) is 0 Å². The van der Waals surface area contributed by atoms with Crippen molar-refractivity contribution in [2.45, 2.75) is 52.4 Å². The molecule has 0 spiro atoms. The van der Waals surface area contributed by atoms with Gasteiger partial charge in [0.1, 0.15) is 5.78 Å². The maximum absolute atomic E-state index is 12.1. The maximum Gasteiger partial charge on any atom is 0.136 e. The smallest absolute Gasteiger partial charge is 0.136 e. The third-order valence-electron chi connectivity index (χ3n) is 4.24. The van der Waals surface area contributed by atoms with Crippen molar-refractivity contribution in [2.75, 3.05) is 0 Å². The van der Waals surface area contributed by atoms with Gasteiger partial charge in [-0.25, -0.2) is 0 Å². The zero-order valence-electron chi connectivity index (χ0n) is 11.9. The third-order valence-corrected chi connectivity index (χ3v) is 4.60. The summed E-state index contributed by atoms with van der Waals surface area (Å²) < 4.78 is 0. The summed E-state index contributed by atoms with van der Waals surface area (Å²) >= 11 is 6.28. The van der Waals surface area contributed by atoms with Crippen LogP contribution in [0.5, 0.6) is 0 Å².